The standard InChI is InChI=1S/C36H22N4Se/c1-3-10-25(11-4-1)33-38-34(28-17-15-23-9-7-8-14-27(23)21-28)40-35(39-33)29-18-16-24-19-20-31-32(30(24)22-29)41-36(37-31)26-12-5-2-6-13-26/h1-22H. The van der Waals surface area contributed by atoms with Gasteiger partial charge in [0.05, 0.1) is 0 Å². The molecule has 0 aliphatic rings. The molecule has 8 aromatic rings. The molecule has 2 aromatic heterocycles. The van der Waals surface area contributed by atoms with Gasteiger partial charge in [0.2, 0.25) is 0 Å². The Bertz CT molecular complexity index is 2210. The van der Waals surface area contributed by atoms with Crippen molar-refractivity contribution in [3.63, 3.8) is 0 Å². The summed E-state index contributed by atoms with van der Waals surface area (Å²) in [6.45, 7) is 0. The molecule has 0 unspecified atom stereocenters. The number of rotatable bonds is 4. The van der Waals surface area contributed by atoms with Crippen LogP contribution in [-0.2, 0) is 0 Å². The SMILES string of the molecule is c1ccc(-c2nc(-c3ccc4ccccc4c3)nc(-c3ccc4ccc5nc(-c6ccccc6)[se]c5c4c3)n2)cc1. The van der Waals surface area contributed by atoms with Gasteiger partial charge in [-0.15, -0.1) is 0 Å². The first kappa shape index (κ1) is 23.9. The maximum atomic E-state index is 5.02. The average Bonchev–Trinajstić information content (AvgIpc) is 3.50. The second kappa shape index (κ2) is 9.90. The second-order valence-corrected chi connectivity index (χ2v) is 12.1. The topological polar surface area (TPSA) is 51.6 Å². The number of aromatic nitrogens is 4. The molecule has 5 heteroatoms. The second-order valence-electron chi connectivity index (χ2n) is 9.97. The van der Waals surface area contributed by atoms with Crippen molar-refractivity contribution in [2.24, 2.45) is 0 Å². The van der Waals surface area contributed by atoms with Gasteiger partial charge in [-0.05, 0) is 0 Å². The van der Waals surface area contributed by atoms with E-state index >= 15 is 0 Å². The molecule has 4 nitrogen and oxygen atoms in total. The molecular weight excluding hydrogens is 567 g/mol. The molecule has 8 rings (SSSR count). The van der Waals surface area contributed by atoms with Crippen LogP contribution < -0.4 is 0 Å². The van der Waals surface area contributed by atoms with Crippen LogP contribution >= 0.6 is 0 Å². The molecular formula is C36H22N4Se. The zero-order valence-corrected chi connectivity index (χ0v) is 23.6. The summed E-state index contributed by atoms with van der Waals surface area (Å²) in [4.78, 5) is 19.9. The van der Waals surface area contributed by atoms with Crippen molar-refractivity contribution in [2.75, 3.05) is 0 Å². The molecule has 6 aromatic carbocycles. The van der Waals surface area contributed by atoms with E-state index in [4.69, 9.17) is 19.9 Å². The summed E-state index contributed by atoms with van der Waals surface area (Å²) < 4.78 is 2.47. The van der Waals surface area contributed by atoms with Crippen molar-refractivity contribution in [2.45, 2.75) is 0 Å². The molecule has 0 radical (unpaired) electrons. The fourth-order valence-corrected chi connectivity index (χ4v) is 7.53. The Kier molecular flexibility index (Phi) is 5.77. The van der Waals surface area contributed by atoms with Crippen molar-refractivity contribution in [1.29, 1.82) is 0 Å². The monoisotopic (exact) mass is 590 g/mol. The van der Waals surface area contributed by atoms with Gasteiger partial charge in [-0.3, -0.25) is 0 Å². The minimum atomic E-state index is 0.110. The molecule has 0 bridgehead atoms. The van der Waals surface area contributed by atoms with Gasteiger partial charge in [0.15, 0.2) is 0 Å². The molecule has 0 spiro atoms. The van der Waals surface area contributed by atoms with Gasteiger partial charge >= 0.3 is 237 Å². The molecule has 0 aliphatic carbocycles. The minimum absolute atomic E-state index is 0.110. The van der Waals surface area contributed by atoms with Crippen LogP contribution in [0, 0.1) is 0 Å². The van der Waals surface area contributed by atoms with E-state index in [-0.39, 0.29) is 14.5 Å². The Morgan fingerprint density at radius 3 is 1.68 bits per heavy atom. The first-order valence-electron chi connectivity index (χ1n) is 13.5. The van der Waals surface area contributed by atoms with Gasteiger partial charge in [0.25, 0.3) is 0 Å². The molecule has 192 valence electrons. The van der Waals surface area contributed by atoms with Crippen molar-refractivity contribution < 1.29 is 0 Å². The molecule has 2 heterocycles. The Hall–Kier alpha value is -4.96. The van der Waals surface area contributed by atoms with Crippen LogP contribution in [0.4, 0.5) is 0 Å². The zero-order valence-electron chi connectivity index (χ0n) is 21.9. The average molecular weight is 590 g/mol. The van der Waals surface area contributed by atoms with Gasteiger partial charge < -0.3 is 0 Å². The summed E-state index contributed by atoms with van der Waals surface area (Å²) in [5.41, 5.74) is 5.15. The van der Waals surface area contributed by atoms with Gasteiger partial charge in [-0.25, -0.2) is 0 Å². The summed E-state index contributed by atoms with van der Waals surface area (Å²) in [5.74, 6) is 1.99. The van der Waals surface area contributed by atoms with E-state index in [1.165, 1.54) is 26.0 Å². The summed E-state index contributed by atoms with van der Waals surface area (Å²) in [5, 5.41) is 4.76. The van der Waals surface area contributed by atoms with Crippen molar-refractivity contribution in [1.82, 2.24) is 19.9 Å². The molecule has 0 fully saturated rings. The Labute approximate surface area is 242 Å². The van der Waals surface area contributed by atoms with E-state index in [2.05, 4.69) is 97.1 Å². The third kappa shape index (κ3) is 4.42. The zero-order chi connectivity index (χ0) is 27.2. The summed E-state index contributed by atoms with van der Waals surface area (Å²) >= 11 is 0.110. The number of fused-ring (bicyclic) bond motifs is 4. The number of benzene rings is 6. The first-order valence-corrected chi connectivity index (χ1v) is 15.2. The van der Waals surface area contributed by atoms with E-state index in [9.17, 15) is 0 Å². The molecule has 0 aliphatic heterocycles. The van der Waals surface area contributed by atoms with Gasteiger partial charge in [-0.2, -0.15) is 0 Å². The fourth-order valence-electron chi connectivity index (χ4n) is 5.23. The van der Waals surface area contributed by atoms with Crippen molar-refractivity contribution >= 4 is 45.8 Å². The van der Waals surface area contributed by atoms with Crippen molar-refractivity contribution in [3.8, 4) is 44.3 Å². The number of hydrogen-bond donors (Lipinski definition) is 0. The van der Waals surface area contributed by atoms with E-state index in [1.54, 1.807) is 0 Å². The molecule has 0 saturated carbocycles. The maximum absolute atomic E-state index is 5.02. The Morgan fingerprint density at radius 2 is 0.951 bits per heavy atom. The fraction of sp³-hybridized carbons (Fsp3) is 0. The molecule has 0 amide bonds. The first-order chi connectivity index (χ1) is 20.3. The van der Waals surface area contributed by atoms with Crippen LogP contribution in [0.25, 0.3) is 75.6 Å². The van der Waals surface area contributed by atoms with Gasteiger partial charge in [-0.1, -0.05) is 6.07 Å². The Morgan fingerprint density at radius 1 is 0.390 bits per heavy atom. The third-order valence-electron chi connectivity index (χ3n) is 7.33. The third-order valence-corrected chi connectivity index (χ3v) is 9.75. The normalized spacial score (nSPS) is 11.4. The van der Waals surface area contributed by atoms with Gasteiger partial charge in [0, 0.05) is 0 Å². The van der Waals surface area contributed by atoms with Crippen LogP contribution in [0.5, 0.6) is 0 Å². The van der Waals surface area contributed by atoms with Crippen LogP contribution in [0.3, 0.4) is 0 Å². The van der Waals surface area contributed by atoms with E-state index in [0.717, 1.165) is 32.2 Å². The molecule has 0 saturated heterocycles. The Balaban J connectivity index is 1.31. The summed E-state index contributed by atoms with van der Waals surface area (Å²) in [7, 11) is 0. The van der Waals surface area contributed by atoms with Crippen LogP contribution in [0.2, 0.25) is 0 Å². The predicted octanol–water partition coefficient (Wildman–Crippen LogP) is 8.45. The summed E-state index contributed by atoms with van der Waals surface area (Å²) in [6, 6.07) is 46.2. The van der Waals surface area contributed by atoms with Crippen LogP contribution in [-0.4, -0.2) is 34.4 Å². The summed E-state index contributed by atoms with van der Waals surface area (Å²) in [6.07, 6.45) is 0. The number of hydrogen-bond acceptors (Lipinski definition) is 4. The van der Waals surface area contributed by atoms with E-state index < -0.39 is 0 Å². The van der Waals surface area contributed by atoms with Crippen molar-refractivity contribution in [3.05, 3.63) is 133 Å². The van der Waals surface area contributed by atoms with Crippen LogP contribution in [0.1, 0.15) is 0 Å². The molecule has 41 heavy (non-hydrogen) atoms. The van der Waals surface area contributed by atoms with E-state index in [1.807, 2.05) is 36.4 Å². The quantitative estimate of drug-likeness (QED) is 0.193. The molecule has 0 atom stereocenters. The van der Waals surface area contributed by atoms with E-state index in [0.29, 0.717) is 17.5 Å². The van der Waals surface area contributed by atoms with Crippen LogP contribution in [0.15, 0.2) is 133 Å². The molecule has 0 N–H and O–H groups in total. The predicted molar refractivity (Wildman–Crippen MR) is 169 cm³/mol. The van der Waals surface area contributed by atoms with Gasteiger partial charge in [0.1, 0.15) is 0 Å². The number of nitrogens with zero attached hydrogens (tertiary/aromatic N) is 4.